The Morgan fingerprint density at radius 2 is 1.63 bits per heavy atom. The summed E-state index contributed by atoms with van der Waals surface area (Å²) in [5, 5.41) is 9.40. The van der Waals surface area contributed by atoms with Gasteiger partial charge >= 0.3 is 0 Å². The van der Waals surface area contributed by atoms with E-state index in [1.807, 2.05) is 0 Å². The van der Waals surface area contributed by atoms with Crippen LogP contribution in [0.3, 0.4) is 0 Å². The number of nitrogens with zero attached hydrogens (tertiary/aromatic N) is 4. The van der Waals surface area contributed by atoms with E-state index in [4.69, 9.17) is 9.47 Å². The van der Waals surface area contributed by atoms with Gasteiger partial charge in [0, 0.05) is 26.2 Å². The van der Waals surface area contributed by atoms with Gasteiger partial charge in [-0.25, -0.2) is 0 Å². The second kappa shape index (κ2) is 5.81. The van der Waals surface area contributed by atoms with Gasteiger partial charge in [0.05, 0.1) is 26.4 Å². The summed E-state index contributed by atoms with van der Waals surface area (Å²) in [5.74, 6) is -0.0414. The molecule has 1 aromatic heterocycles. The number of carbonyl (C=O) groups is 1. The highest BCUT2D eigenvalue weighted by Gasteiger charge is 2.24. The molecule has 0 radical (unpaired) electrons. The first-order valence-corrected chi connectivity index (χ1v) is 7.19. The van der Waals surface area contributed by atoms with E-state index in [0.29, 0.717) is 44.5 Å². The molecule has 19 heavy (non-hydrogen) atoms. The molecule has 2 fully saturated rings. The Balaban J connectivity index is 1.67. The first-order chi connectivity index (χ1) is 9.34. The summed E-state index contributed by atoms with van der Waals surface area (Å²) in [6.07, 6.45) is 0. The fourth-order valence-corrected chi connectivity index (χ4v) is 2.95. The highest BCUT2D eigenvalue weighted by molar-refractivity contribution is 7.17. The number of hydrogen-bond donors (Lipinski definition) is 0. The summed E-state index contributed by atoms with van der Waals surface area (Å²) < 4.78 is 10.5. The van der Waals surface area contributed by atoms with Crippen molar-refractivity contribution in [3.05, 3.63) is 5.01 Å². The minimum Gasteiger partial charge on any atom is -0.378 e. The molecule has 0 saturated carbocycles. The lowest BCUT2D eigenvalue weighted by Gasteiger charge is -2.26. The van der Waals surface area contributed by atoms with Gasteiger partial charge < -0.3 is 19.3 Å². The smallest absolute Gasteiger partial charge is 0.285 e. The highest BCUT2D eigenvalue weighted by atomic mass is 32.1. The van der Waals surface area contributed by atoms with Crippen LogP contribution in [0, 0.1) is 0 Å². The molecule has 3 heterocycles. The molecule has 8 heteroatoms. The summed E-state index contributed by atoms with van der Waals surface area (Å²) in [6, 6.07) is 0. The maximum absolute atomic E-state index is 12.2. The van der Waals surface area contributed by atoms with E-state index < -0.39 is 0 Å². The Morgan fingerprint density at radius 1 is 1.00 bits per heavy atom. The van der Waals surface area contributed by atoms with Crippen LogP contribution in [0.25, 0.3) is 0 Å². The third-order valence-electron chi connectivity index (χ3n) is 3.18. The molecular weight excluding hydrogens is 268 g/mol. The van der Waals surface area contributed by atoms with Crippen molar-refractivity contribution < 1.29 is 14.3 Å². The Kier molecular flexibility index (Phi) is 3.90. The number of rotatable bonds is 2. The predicted octanol–water partition coefficient (Wildman–Crippen LogP) is -0.153. The quantitative estimate of drug-likeness (QED) is 0.752. The Bertz CT molecular complexity index is 441. The summed E-state index contributed by atoms with van der Waals surface area (Å²) in [5.41, 5.74) is 0. The first kappa shape index (κ1) is 12.8. The average Bonchev–Trinajstić information content (AvgIpc) is 2.98. The molecule has 0 atom stereocenters. The molecule has 0 bridgehead atoms. The van der Waals surface area contributed by atoms with E-state index >= 15 is 0 Å². The van der Waals surface area contributed by atoms with Crippen molar-refractivity contribution in [1.82, 2.24) is 15.1 Å². The topological polar surface area (TPSA) is 67.8 Å². The summed E-state index contributed by atoms with van der Waals surface area (Å²) in [4.78, 5) is 16.1. The number of aromatic nitrogens is 2. The van der Waals surface area contributed by atoms with Gasteiger partial charge in [-0.15, -0.1) is 10.2 Å². The SMILES string of the molecule is O=C(c1nnc(N2CCOCC2)s1)N1CCOCC1. The molecule has 7 nitrogen and oxygen atoms in total. The number of morpholine rings is 2. The Labute approximate surface area is 115 Å². The Hall–Kier alpha value is -1.25. The second-order valence-corrected chi connectivity index (χ2v) is 5.35. The number of ether oxygens (including phenoxy) is 2. The predicted molar refractivity (Wildman–Crippen MR) is 69.7 cm³/mol. The minimum atomic E-state index is -0.0414. The Morgan fingerprint density at radius 3 is 2.32 bits per heavy atom. The minimum absolute atomic E-state index is 0.0414. The molecule has 0 unspecified atom stereocenters. The van der Waals surface area contributed by atoms with Crippen molar-refractivity contribution in [3.63, 3.8) is 0 Å². The highest BCUT2D eigenvalue weighted by Crippen LogP contribution is 2.22. The molecule has 3 rings (SSSR count). The third-order valence-corrected chi connectivity index (χ3v) is 4.15. The van der Waals surface area contributed by atoms with Gasteiger partial charge in [0.1, 0.15) is 0 Å². The van der Waals surface area contributed by atoms with Crippen LogP contribution in [-0.4, -0.2) is 73.6 Å². The normalized spacial score (nSPS) is 20.6. The number of carbonyl (C=O) groups excluding carboxylic acids is 1. The zero-order valence-electron chi connectivity index (χ0n) is 10.6. The van der Waals surface area contributed by atoms with E-state index in [1.54, 1.807) is 4.90 Å². The third kappa shape index (κ3) is 2.85. The van der Waals surface area contributed by atoms with Crippen LogP contribution in [0.2, 0.25) is 0 Å². The zero-order chi connectivity index (χ0) is 13.1. The molecule has 0 spiro atoms. The fourth-order valence-electron chi connectivity index (χ4n) is 2.09. The van der Waals surface area contributed by atoms with Crippen LogP contribution in [-0.2, 0) is 9.47 Å². The zero-order valence-corrected chi connectivity index (χ0v) is 11.4. The van der Waals surface area contributed by atoms with Crippen LogP contribution >= 0.6 is 11.3 Å². The van der Waals surface area contributed by atoms with E-state index in [-0.39, 0.29) is 5.91 Å². The van der Waals surface area contributed by atoms with E-state index in [9.17, 15) is 4.79 Å². The van der Waals surface area contributed by atoms with Crippen LogP contribution in [0.15, 0.2) is 0 Å². The molecule has 104 valence electrons. The lowest BCUT2D eigenvalue weighted by molar-refractivity contribution is 0.0302. The summed E-state index contributed by atoms with van der Waals surface area (Å²) >= 11 is 1.36. The van der Waals surface area contributed by atoms with Crippen LogP contribution in [0.1, 0.15) is 9.80 Å². The van der Waals surface area contributed by atoms with Gasteiger partial charge in [-0.3, -0.25) is 4.79 Å². The van der Waals surface area contributed by atoms with Crippen LogP contribution in [0.4, 0.5) is 5.13 Å². The van der Waals surface area contributed by atoms with Crippen molar-refractivity contribution in [2.45, 2.75) is 0 Å². The molecule has 2 saturated heterocycles. The molecule has 2 aliphatic rings. The van der Waals surface area contributed by atoms with Crippen molar-refractivity contribution in [2.75, 3.05) is 57.5 Å². The molecule has 1 aromatic rings. The van der Waals surface area contributed by atoms with E-state index in [1.165, 1.54) is 11.3 Å². The molecular formula is C11H16N4O3S. The number of hydrogen-bond acceptors (Lipinski definition) is 7. The van der Waals surface area contributed by atoms with Crippen molar-refractivity contribution in [3.8, 4) is 0 Å². The first-order valence-electron chi connectivity index (χ1n) is 6.38. The van der Waals surface area contributed by atoms with Gasteiger partial charge in [0.15, 0.2) is 0 Å². The monoisotopic (exact) mass is 284 g/mol. The molecule has 0 aliphatic carbocycles. The van der Waals surface area contributed by atoms with Gasteiger partial charge in [-0.2, -0.15) is 0 Å². The van der Waals surface area contributed by atoms with Crippen LogP contribution < -0.4 is 4.90 Å². The maximum atomic E-state index is 12.2. The van der Waals surface area contributed by atoms with Crippen molar-refractivity contribution in [2.24, 2.45) is 0 Å². The van der Waals surface area contributed by atoms with Crippen molar-refractivity contribution >= 4 is 22.4 Å². The van der Waals surface area contributed by atoms with E-state index in [0.717, 1.165) is 18.2 Å². The van der Waals surface area contributed by atoms with Crippen molar-refractivity contribution in [1.29, 1.82) is 0 Å². The van der Waals surface area contributed by atoms with E-state index in [2.05, 4.69) is 15.1 Å². The number of anilines is 1. The standard InChI is InChI=1S/C11H16N4O3S/c16-10(14-1-5-17-6-2-14)9-12-13-11(19-9)15-3-7-18-8-4-15/h1-8H2. The maximum Gasteiger partial charge on any atom is 0.285 e. The molecule has 0 N–H and O–H groups in total. The lowest BCUT2D eigenvalue weighted by atomic mass is 10.4. The fraction of sp³-hybridized carbons (Fsp3) is 0.727. The largest absolute Gasteiger partial charge is 0.378 e. The molecule has 1 amide bonds. The second-order valence-electron chi connectivity index (χ2n) is 4.39. The van der Waals surface area contributed by atoms with Crippen LogP contribution in [0.5, 0.6) is 0 Å². The van der Waals surface area contributed by atoms with Gasteiger partial charge in [-0.05, 0) is 0 Å². The lowest BCUT2D eigenvalue weighted by Crippen LogP contribution is -2.40. The molecule has 0 aromatic carbocycles. The number of amides is 1. The van der Waals surface area contributed by atoms with Gasteiger partial charge in [0.25, 0.3) is 5.91 Å². The molecule has 2 aliphatic heterocycles. The summed E-state index contributed by atoms with van der Waals surface area (Å²) in [6.45, 7) is 5.47. The van der Waals surface area contributed by atoms with Gasteiger partial charge in [-0.1, -0.05) is 11.3 Å². The van der Waals surface area contributed by atoms with Gasteiger partial charge in [0.2, 0.25) is 10.1 Å². The summed E-state index contributed by atoms with van der Waals surface area (Å²) in [7, 11) is 0. The average molecular weight is 284 g/mol.